The SMILES string of the molecule is COc1ccccc1CC(C)N(C)C(=O)[C@@H](C)N. The van der Waals surface area contributed by atoms with Crippen molar-refractivity contribution in [3.63, 3.8) is 0 Å². The van der Waals surface area contributed by atoms with Crippen molar-refractivity contribution in [2.24, 2.45) is 5.73 Å². The molecular formula is C14H22N2O2. The molecule has 0 fully saturated rings. The second-order valence-electron chi connectivity index (χ2n) is 4.60. The van der Waals surface area contributed by atoms with Crippen LogP contribution in [0.5, 0.6) is 5.75 Å². The average Bonchev–Trinajstić information content (AvgIpc) is 2.37. The summed E-state index contributed by atoms with van der Waals surface area (Å²) in [5.74, 6) is 0.809. The molecule has 1 aromatic rings. The minimum Gasteiger partial charge on any atom is -0.496 e. The predicted octanol–water partition coefficient (Wildman–Crippen LogP) is 1.43. The molecule has 0 bridgehead atoms. The Bertz CT molecular complexity index is 405. The molecule has 100 valence electrons. The largest absolute Gasteiger partial charge is 0.496 e. The fraction of sp³-hybridized carbons (Fsp3) is 0.500. The lowest BCUT2D eigenvalue weighted by Gasteiger charge is -2.27. The summed E-state index contributed by atoms with van der Waals surface area (Å²) >= 11 is 0. The highest BCUT2D eigenvalue weighted by atomic mass is 16.5. The van der Waals surface area contributed by atoms with Crippen molar-refractivity contribution in [3.05, 3.63) is 29.8 Å². The first-order chi connectivity index (χ1) is 8.47. The Morgan fingerprint density at radius 2 is 2.00 bits per heavy atom. The van der Waals surface area contributed by atoms with Gasteiger partial charge in [-0.2, -0.15) is 0 Å². The maximum absolute atomic E-state index is 11.8. The van der Waals surface area contributed by atoms with Crippen LogP contribution in [0.15, 0.2) is 24.3 Å². The highest BCUT2D eigenvalue weighted by molar-refractivity contribution is 5.81. The fourth-order valence-electron chi connectivity index (χ4n) is 1.87. The van der Waals surface area contributed by atoms with Crippen LogP contribution in [0.3, 0.4) is 0 Å². The first-order valence-corrected chi connectivity index (χ1v) is 6.11. The number of hydrogen-bond donors (Lipinski definition) is 1. The number of methoxy groups -OCH3 is 1. The Hall–Kier alpha value is -1.55. The molecule has 2 N–H and O–H groups in total. The van der Waals surface area contributed by atoms with Crippen molar-refractivity contribution in [2.45, 2.75) is 32.4 Å². The molecule has 0 saturated carbocycles. The summed E-state index contributed by atoms with van der Waals surface area (Å²) in [5, 5.41) is 0. The molecule has 0 radical (unpaired) electrons. The van der Waals surface area contributed by atoms with Gasteiger partial charge in [0.15, 0.2) is 0 Å². The second-order valence-corrected chi connectivity index (χ2v) is 4.60. The van der Waals surface area contributed by atoms with Gasteiger partial charge in [-0.25, -0.2) is 0 Å². The third kappa shape index (κ3) is 3.47. The zero-order valence-electron chi connectivity index (χ0n) is 11.5. The van der Waals surface area contributed by atoms with Crippen molar-refractivity contribution in [1.82, 2.24) is 4.90 Å². The third-order valence-corrected chi connectivity index (χ3v) is 3.11. The molecule has 0 heterocycles. The lowest BCUT2D eigenvalue weighted by atomic mass is 10.0. The number of amides is 1. The molecule has 1 unspecified atom stereocenters. The number of benzene rings is 1. The molecule has 4 nitrogen and oxygen atoms in total. The van der Waals surface area contributed by atoms with Gasteiger partial charge in [-0.15, -0.1) is 0 Å². The van der Waals surface area contributed by atoms with Gasteiger partial charge in [0, 0.05) is 13.1 Å². The summed E-state index contributed by atoms with van der Waals surface area (Å²) in [4.78, 5) is 13.5. The molecule has 2 atom stereocenters. The van der Waals surface area contributed by atoms with E-state index in [4.69, 9.17) is 10.5 Å². The minimum absolute atomic E-state index is 0.0441. The predicted molar refractivity (Wildman–Crippen MR) is 72.6 cm³/mol. The molecular weight excluding hydrogens is 228 g/mol. The van der Waals surface area contributed by atoms with Crippen LogP contribution in [0.25, 0.3) is 0 Å². The molecule has 0 spiro atoms. The summed E-state index contributed by atoms with van der Waals surface area (Å²) in [6.07, 6.45) is 0.749. The number of nitrogens with two attached hydrogens (primary N) is 1. The van der Waals surface area contributed by atoms with Crippen molar-refractivity contribution < 1.29 is 9.53 Å². The Morgan fingerprint density at radius 3 is 2.56 bits per heavy atom. The maximum Gasteiger partial charge on any atom is 0.239 e. The lowest BCUT2D eigenvalue weighted by molar-refractivity contribution is -0.132. The number of hydrogen-bond acceptors (Lipinski definition) is 3. The van der Waals surface area contributed by atoms with E-state index in [1.54, 1.807) is 26.0 Å². The number of rotatable bonds is 5. The van der Waals surface area contributed by atoms with Gasteiger partial charge in [-0.05, 0) is 31.9 Å². The normalized spacial score (nSPS) is 13.8. The first kappa shape index (κ1) is 14.5. The van der Waals surface area contributed by atoms with E-state index in [9.17, 15) is 4.79 Å². The van der Waals surface area contributed by atoms with Crippen LogP contribution in [0.2, 0.25) is 0 Å². The van der Waals surface area contributed by atoms with Gasteiger partial charge in [0.1, 0.15) is 5.75 Å². The molecule has 18 heavy (non-hydrogen) atoms. The number of carbonyl (C=O) groups excluding carboxylic acids is 1. The zero-order valence-corrected chi connectivity index (χ0v) is 11.5. The van der Waals surface area contributed by atoms with Crippen molar-refractivity contribution >= 4 is 5.91 Å². The third-order valence-electron chi connectivity index (χ3n) is 3.11. The quantitative estimate of drug-likeness (QED) is 0.860. The summed E-state index contributed by atoms with van der Waals surface area (Å²) in [6, 6.07) is 7.46. The topological polar surface area (TPSA) is 55.6 Å². The zero-order chi connectivity index (χ0) is 13.7. The summed E-state index contributed by atoms with van der Waals surface area (Å²) in [7, 11) is 3.44. The molecule has 1 amide bonds. The molecule has 0 saturated heterocycles. The van der Waals surface area contributed by atoms with Gasteiger partial charge in [0.25, 0.3) is 0 Å². The van der Waals surface area contributed by atoms with E-state index in [1.807, 2.05) is 31.2 Å². The van der Waals surface area contributed by atoms with E-state index in [1.165, 1.54) is 0 Å². The molecule has 0 aliphatic rings. The number of nitrogens with zero attached hydrogens (tertiary/aromatic N) is 1. The monoisotopic (exact) mass is 250 g/mol. The van der Waals surface area contributed by atoms with E-state index in [2.05, 4.69) is 0 Å². The van der Waals surface area contributed by atoms with E-state index < -0.39 is 6.04 Å². The number of ether oxygens (including phenoxy) is 1. The number of para-hydroxylation sites is 1. The van der Waals surface area contributed by atoms with Gasteiger partial charge >= 0.3 is 0 Å². The lowest BCUT2D eigenvalue weighted by Crippen LogP contribution is -2.44. The number of carbonyl (C=O) groups is 1. The van der Waals surface area contributed by atoms with Crippen molar-refractivity contribution in [2.75, 3.05) is 14.2 Å². The van der Waals surface area contributed by atoms with E-state index in [0.717, 1.165) is 17.7 Å². The van der Waals surface area contributed by atoms with E-state index in [0.29, 0.717) is 0 Å². The Kier molecular flexibility index (Phi) is 5.16. The van der Waals surface area contributed by atoms with Crippen LogP contribution in [-0.4, -0.2) is 37.0 Å². The fourth-order valence-corrected chi connectivity index (χ4v) is 1.87. The van der Waals surface area contributed by atoms with E-state index in [-0.39, 0.29) is 11.9 Å². The first-order valence-electron chi connectivity index (χ1n) is 6.11. The molecule has 0 aliphatic heterocycles. The molecule has 1 aromatic carbocycles. The Labute approximate surface area is 109 Å². The van der Waals surface area contributed by atoms with Crippen molar-refractivity contribution in [1.29, 1.82) is 0 Å². The van der Waals surface area contributed by atoms with Gasteiger partial charge in [-0.3, -0.25) is 4.79 Å². The average molecular weight is 250 g/mol. The van der Waals surface area contributed by atoms with Gasteiger partial charge in [-0.1, -0.05) is 18.2 Å². The van der Waals surface area contributed by atoms with Crippen LogP contribution >= 0.6 is 0 Å². The van der Waals surface area contributed by atoms with Crippen LogP contribution in [-0.2, 0) is 11.2 Å². The molecule has 1 rings (SSSR count). The van der Waals surface area contributed by atoms with Gasteiger partial charge in [0.2, 0.25) is 5.91 Å². The van der Waals surface area contributed by atoms with Crippen LogP contribution in [0.4, 0.5) is 0 Å². The summed E-state index contributed by atoms with van der Waals surface area (Å²) in [6.45, 7) is 3.71. The van der Waals surface area contributed by atoms with Crippen molar-refractivity contribution in [3.8, 4) is 5.75 Å². The smallest absolute Gasteiger partial charge is 0.239 e. The standard InChI is InChI=1S/C14H22N2O2/c1-10(16(3)14(17)11(2)15)9-12-7-5-6-8-13(12)18-4/h5-8,10-11H,9,15H2,1-4H3/t10?,11-/m1/s1. The van der Waals surface area contributed by atoms with Gasteiger partial charge < -0.3 is 15.4 Å². The molecule has 0 aliphatic carbocycles. The number of likely N-dealkylation sites (N-methyl/N-ethyl adjacent to an activating group) is 1. The summed E-state index contributed by atoms with van der Waals surface area (Å²) in [5.41, 5.74) is 6.70. The Balaban J connectivity index is 2.75. The Morgan fingerprint density at radius 1 is 1.39 bits per heavy atom. The maximum atomic E-state index is 11.8. The van der Waals surface area contributed by atoms with Gasteiger partial charge in [0.05, 0.1) is 13.2 Å². The molecule has 0 aromatic heterocycles. The highest BCUT2D eigenvalue weighted by Crippen LogP contribution is 2.20. The van der Waals surface area contributed by atoms with Crippen LogP contribution < -0.4 is 10.5 Å². The van der Waals surface area contributed by atoms with Crippen LogP contribution in [0.1, 0.15) is 19.4 Å². The molecule has 4 heteroatoms. The summed E-state index contributed by atoms with van der Waals surface area (Å²) < 4.78 is 5.31. The highest BCUT2D eigenvalue weighted by Gasteiger charge is 2.19. The second kappa shape index (κ2) is 6.40. The van der Waals surface area contributed by atoms with E-state index >= 15 is 0 Å². The van der Waals surface area contributed by atoms with Crippen LogP contribution in [0, 0.1) is 0 Å². The minimum atomic E-state index is -0.463.